The van der Waals surface area contributed by atoms with Crippen LogP contribution < -0.4 is 5.32 Å². The average Bonchev–Trinajstić information content (AvgIpc) is 2.78. The van der Waals surface area contributed by atoms with Gasteiger partial charge in [0.2, 0.25) is 5.91 Å². The van der Waals surface area contributed by atoms with Crippen LogP contribution >= 0.6 is 0 Å². The molecule has 2 atom stereocenters. The van der Waals surface area contributed by atoms with Gasteiger partial charge in [-0.1, -0.05) is 0 Å². The molecule has 0 spiro atoms. The molecule has 0 aromatic heterocycles. The van der Waals surface area contributed by atoms with Gasteiger partial charge in [-0.25, -0.2) is 0 Å². The van der Waals surface area contributed by atoms with Crippen LogP contribution in [-0.2, 0) is 4.79 Å². The maximum atomic E-state index is 12.4. The second kappa shape index (κ2) is 4.92. The van der Waals surface area contributed by atoms with Crippen LogP contribution in [0.1, 0.15) is 19.3 Å². The summed E-state index contributed by atoms with van der Waals surface area (Å²) in [5.74, 6) is 0.459. The molecule has 1 amide bonds. The van der Waals surface area contributed by atoms with Crippen molar-refractivity contribution in [3.63, 3.8) is 0 Å². The zero-order chi connectivity index (χ0) is 10.7. The van der Waals surface area contributed by atoms with Crippen molar-refractivity contribution in [1.82, 2.24) is 10.2 Å². The fourth-order valence-corrected chi connectivity index (χ4v) is 2.48. The third-order valence-electron chi connectivity index (χ3n) is 3.46. The zero-order valence-corrected chi connectivity index (χ0v) is 9.04. The lowest BCUT2D eigenvalue weighted by Gasteiger charge is -2.26. The highest BCUT2D eigenvalue weighted by Crippen LogP contribution is 2.21. The van der Waals surface area contributed by atoms with Gasteiger partial charge in [0.05, 0.1) is 12.6 Å². The van der Waals surface area contributed by atoms with E-state index in [4.69, 9.17) is 0 Å². The molecule has 0 aliphatic carbocycles. The number of likely N-dealkylation sites (tertiary alicyclic amines) is 1. The lowest BCUT2D eigenvalue weighted by molar-refractivity contribution is -0.135. The van der Waals surface area contributed by atoms with Gasteiger partial charge in [0, 0.05) is 25.6 Å². The van der Waals surface area contributed by atoms with E-state index in [9.17, 15) is 9.18 Å². The van der Waals surface area contributed by atoms with Gasteiger partial charge in [-0.15, -0.1) is 0 Å². The van der Waals surface area contributed by atoms with Crippen LogP contribution in [0.15, 0.2) is 0 Å². The number of carbonyl (C=O) groups excluding carboxylic acids is 1. The van der Waals surface area contributed by atoms with Crippen molar-refractivity contribution >= 4 is 5.91 Å². The Morgan fingerprint density at radius 3 is 2.93 bits per heavy atom. The molecule has 0 aromatic carbocycles. The van der Waals surface area contributed by atoms with E-state index in [0.717, 1.165) is 38.9 Å². The number of nitrogens with one attached hydrogen (secondary N) is 1. The third-order valence-corrected chi connectivity index (χ3v) is 3.46. The molecule has 3 nitrogen and oxygen atoms in total. The summed E-state index contributed by atoms with van der Waals surface area (Å²) in [6.07, 6.45) is 2.90. The molecule has 2 aliphatic heterocycles. The maximum absolute atomic E-state index is 12.4. The summed E-state index contributed by atoms with van der Waals surface area (Å²) in [4.78, 5) is 13.9. The van der Waals surface area contributed by atoms with Crippen LogP contribution in [-0.4, -0.2) is 43.7 Å². The second-order valence-electron chi connectivity index (χ2n) is 4.64. The Morgan fingerprint density at radius 2 is 2.33 bits per heavy atom. The van der Waals surface area contributed by atoms with E-state index in [1.54, 1.807) is 0 Å². The molecule has 0 aromatic rings. The Labute approximate surface area is 90.0 Å². The van der Waals surface area contributed by atoms with Gasteiger partial charge in [0.25, 0.3) is 0 Å². The highest BCUT2D eigenvalue weighted by Gasteiger charge is 2.31. The van der Waals surface area contributed by atoms with Crippen LogP contribution in [0.25, 0.3) is 0 Å². The van der Waals surface area contributed by atoms with Gasteiger partial charge < -0.3 is 10.2 Å². The fourth-order valence-electron chi connectivity index (χ4n) is 2.48. The maximum Gasteiger partial charge on any atom is 0.226 e. The molecule has 1 N–H and O–H groups in total. The van der Waals surface area contributed by atoms with Crippen LogP contribution in [0.5, 0.6) is 0 Å². The summed E-state index contributed by atoms with van der Waals surface area (Å²) in [5, 5.41) is 3.24. The highest BCUT2D eigenvalue weighted by molar-refractivity contribution is 5.79. The normalized spacial score (nSPS) is 31.9. The molecule has 15 heavy (non-hydrogen) atoms. The largest absolute Gasteiger partial charge is 0.342 e. The number of piperidine rings is 1. The number of carbonyl (C=O) groups is 1. The van der Waals surface area contributed by atoms with Crippen molar-refractivity contribution < 1.29 is 9.18 Å². The van der Waals surface area contributed by atoms with Crippen LogP contribution in [0.4, 0.5) is 4.39 Å². The Balaban J connectivity index is 1.85. The molecular weight excluding hydrogens is 195 g/mol. The SMILES string of the molecule is O=C([C@@H]1CCCNC1)N1CC[C@@H](CF)C1. The van der Waals surface area contributed by atoms with E-state index in [1.165, 1.54) is 0 Å². The Morgan fingerprint density at radius 1 is 1.47 bits per heavy atom. The molecule has 4 heteroatoms. The number of nitrogens with zero attached hydrogens (tertiary/aromatic N) is 1. The van der Waals surface area contributed by atoms with Gasteiger partial charge in [0.1, 0.15) is 0 Å². The summed E-state index contributed by atoms with van der Waals surface area (Å²) < 4.78 is 12.4. The molecular formula is C11H19FN2O. The summed E-state index contributed by atoms with van der Waals surface area (Å²) in [6, 6.07) is 0. The van der Waals surface area contributed by atoms with Crippen LogP contribution in [0, 0.1) is 11.8 Å². The van der Waals surface area contributed by atoms with Gasteiger partial charge in [-0.3, -0.25) is 9.18 Å². The van der Waals surface area contributed by atoms with E-state index < -0.39 is 0 Å². The quantitative estimate of drug-likeness (QED) is 0.737. The van der Waals surface area contributed by atoms with E-state index in [1.807, 2.05) is 4.90 Å². The number of hydrogen-bond acceptors (Lipinski definition) is 2. The molecule has 2 fully saturated rings. The summed E-state index contributed by atoms with van der Waals surface area (Å²) in [6.45, 7) is 2.93. The third kappa shape index (κ3) is 2.48. The van der Waals surface area contributed by atoms with E-state index in [-0.39, 0.29) is 24.4 Å². The number of rotatable bonds is 2. The molecule has 2 heterocycles. The first-order valence-electron chi connectivity index (χ1n) is 5.86. The lowest BCUT2D eigenvalue weighted by atomic mass is 9.98. The summed E-state index contributed by atoms with van der Waals surface area (Å²) >= 11 is 0. The van der Waals surface area contributed by atoms with Crippen molar-refractivity contribution in [3.05, 3.63) is 0 Å². The summed E-state index contributed by atoms with van der Waals surface area (Å²) in [7, 11) is 0. The molecule has 2 rings (SSSR count). The molecule has 0 radical (unpaired) electrons. The number of hydrogen-bond donors (Lipinski definition) is 1. The number of alkyl halides is 1. The standard InChI is InChI=1S/C11H19FN2O/c12-6-9-3-5-14(8-9)11(15)10-2-1-4-13-7-10/h9-10,13H,1-8H2/t9-,10+/m0/s1. The van der Waals surface area contributed by atoms with Gasteiger partial charge in [0.15, 0.2) is 0 Å². The highest BCUT2D eigenvalue weighted by atomic mass is 19.1. The first-order valence-corrected chi connectivity index (χ1v) is 5.86. The van der Waals surface area contributed by atoms with Crippen molar-refractivity contribution in [1.29, 1.82) is 0 Å². The van der Waals surface area contributed by atoms with Crippen LogP contribution in [0.3, 0.4) is 0 Å². The summed E-state index contributed by atoms with van der Waals surface area (Å²) in [5.41, 5.74) is 0. The van der Waals surface area contributed by atoms with Gasteiger partial charge in [-0.2, -0.15) is 0 Å². The average molecular weight is 214 g/mol. The fraction of sp³-hybridized carbons (Fsp3) is 0.909. The first kappa shape index (κ1) is 10.9. The van der Waals surface area contributed by atoms with Crippen molar-refractivity contribution in [3.8, 4) is 0 Å². The predicted molar refractivity (Wildman–Crippen MR) is 56.3 cm³/mol. The minimum Gasteiger partial charge on any atom is -0.342 e. The minimum absolute atomic E-state index is 0.0884. The Bertz CT molecular complexity index is 229. The molecule has 0 bridgehead atoms. The molecule has 86 valence electrons. The van der Waals surface area contributed by atoms with Gasteiger partial charge >= 0.3 is 0 Å². The van der Waals surface area contributed by atoms with Crippen molar-refractivity contribution in [2.75, 3.05) is 32.9 Å². The molecule has 2 saturated heterocycles. The Kier molecular flexibility index (Phi) is 3.57. The monoisotopic (exact) mass is 214 g/mol. The zero-order valence-electron chi connectivity index (χ0n) is 9.04. The van der Waals surface area contributed by atoms with Gasteiger partial charge in [-0.05, 0) is 25.8 Å². The topological polar surface area (TPSA) is 32.3 Å². The smallest absolute Gasteiger partial charge is 0.226 e. The molecule has 0 saturated carbocycles. The molecule has 2 aliphatic rings. The van der Waals surface area contributed by atoms with Crippen molar-refractivity contribution in [2.45, 2.75) is 19.3 Å². The van der Waals surface area contributed by atoms with E-state index >= 15 is 0 Å². The first-order chi connectivity index (χ1) is 7.31. The Hall–Kier alpha value is -0.640. The molecule has 0 unspecified atom stereocenters. The van der Waals surface area contributed by atoms with E-state index in [2.05, 4.69) is 5.32 Å². The number of halogens is 1. The van der Waals surface area contributed by atoms with E-state index in [0.29, 0.717) is 6.54 Å². The number of amides is 1. The minimum atomic E-state index is -0.285. The second-order valence-corrected chi connectivity index (χ2v) is 4.64. The van der Waals surface area contributed by atoms with Crippen molar-refractivity contribution in [2.24, 2.45) is 11.8 Å². The van der Waals surface area contributed by atoms with Crippen LogP contribution in [0.2, 0.25) is 0 Å². The lowest BCUT2D eigenvalue weighted by Crippen LogP contribution is -2.42. The predicted octanol–water partition coefficient (Wildman–Crippen LogP) is 0.804.